The average molecular weight is 2710 g/mol. The summed E-state index contributed by atoms with van der Waals surface area (Å²) in [4.78, 5) is 44.3. The Morgan fingerprint density at radius 1 is 0.525 bits per heavy atom. The smallest absolute Gasteiger partial charge is 0.508 e. The number of phenols is 3. The van der Waals surface area contributed by atoms with E-state index in [0.29, 0.717) is 74.9 Å². The van der Waals surface area contributed by atoms with E-state index in [2.05, 4.69) is 260 Å². The number of phenolic OH excluding ortho intramolecular Hbond substituents is 3. The summed E-state index contributed by atoms with van der Waals surface area (Å²) in [6, 6.07) is 35.8. The van der Waals surface area contributed by atoms with Gasteiger partial charge in [-0.3, -0.25) is 19.2 Å². The van der Waals surface area contributed by atoms with Crippen LogP contribution in [-0.4, -0.2) is 139 Å². The molecular weight excluding hydrogens is 2630 g/mol. The van der Waals surface area contributed by atoms with Gasteiger partial charge in [0.2, 0.25) is 0 Å². The van der Waals surface area contributed by atoms with E-state index in [4.69, 9.17) is 99.2 Å². The van der Waals surface area contributed by atoms with Gasteiger partial charge in [-0.2, -0.15) is 0 Å². The average Bonchev–Trinajstić information content (AvgIpc) is 1.62. The fraction of sp³-hybridized carbons (Fsp3) is 0.267. The Bertz CT molecular complexity index is 4840. The largest absolute Gasteiger partial charge is 0.643 e. The number of ketones is 2. The first-order valence-corrected chi connectivity index (χ1v) is 51.2. The summed E-state index contributed by atoms with van der Waals surface area (Å²) in [5, 5.41) is 55.4. The Balaban J connectivity index is 0.00000133. The zero-order valence-electron chi connectivity index (χ0n) is 66.0. The van der Waals surface area contributed by atoms with Crippen LogP contribution in [0.15, 0.2) is 189 Å². The molecule has 0 spiro atoms. The maximum Gasteiger partial charge on any atom is 0.643 e. The molecular formula is C75H81AlB2Br15Cl3N6O18. The molecule has 120 heavy (non-hydrogen) atoms. The van der Waals surface area contributed by atoms with E-state index < -0.39 is 11.4 Å². The number of aromatic hydroxyl groups is 3. The van der Waals surface area contributed by atoms with E-state index in [1.807, 2.05) is 101 Å². The molecule has 11 rings (SSSR count). The number of aryl methyl sites for hydroxylation is 2. The van der Waals surface area contributed by atoms with Crippen LogP contribution >= 0.6 is 269 Å². The maximum atomic E-state index is 11.5. The predicted molar refractivity (Wildman–Crippen MR) is 534 cm³/mol. The Kier molecular flexibility index (Phi) is 60.1. The first-order valence-electron chi connectivity index (χ1n) is 33.7. The van der Waals surface area contributed by atoms with Crippen LogP contribution in [0.4, 0.5) is 0 Å². The van der Waals surface area contributed by atoms with Gasteiger partial charge in [0.15, 0.2) is 22.7 Å². The van der Waals surface area contributed by atoms with Crippen molar-refractivity contribution in [2.45, 2.75) is 93.8 Å². The first kappa shape index (κ1) is 118. The molecule has 0 radical (unpaired) electrons. The normalized spacial score (nSPS) is 11.5. The number of methoxy groups -OCH3 is 3. The molecule has 1 fully saturated rings. The highest BCUT2D eigenvalue weighted by Gasteiger charge is 2.51. The molecule has 654 valence electrons. The van der Waals surface area contributed by atoms with Gasteiger partial charge in [-0.1, -0.05) is 183 Å². The number of Topliss-reactive ketones (excluding diaryl/α,β-unsaturated/α-hetero) is 2. The second kappa shape index (κ2) is 61.3. The van der Waals surface area contributed by atoms with E-state index in [0.717, 1.165) is 88.2 Å². The van der Waals surface area contributed by atoms with E-state index in [1.54, 1.807) is 90.6 Å². The lowest BCUT2D eigenvalue weighted by Crippen LogP contribution is -2.41. The lowest BCUT2D eigenvalue weighted by molar-refractivity contribution is -0.142. The fourth-order valence-electron chi connectivity index (χ4n) is 8.99. The molecule has 0 aliphatic carbocycles. The van der Waals surface area contributed by atoms with Gasteiger partial charge in [-0.05, 0) is 225 Å². The van der Waals surface area contributed by atoms with Crippen molar-refractivity contribution in [2.75, 3.05) is 41.0 Å². The SMILES string of the molecule is BrB(Br)Br.CC(=O)Oc1cc(Br)cc(Br)c1.CC(=O)c1c(O)cc(Br)cc1Br.CCOC(=O)Cc1ccc(B2OC(C)(C)C(C)(C)O2)cc1.COc1cc(Br)cc(Br)c1/C(C)=N\O.COc1cc(Br)cc(Br)c1C(C)=O.COc1cc(Br)cc2onc(C)c12.Cc1noc2cc(Br)cc(O)c12.NCCN.NO.Oc1cc(Br)cc(Br)c1.[Cl][Al]([Cl])[Cl]. The zero-order valence-corrected chi connectivity index (χ0v) is 93.2. The number of halogens is 18. The van der Waals surface area contributed by atoms with Crippen molar-refractivity contribution in [2.24, 2.45) is 22.5 Å². The van der Waals surface area contributed by atoms with Crippen LogP contribution in [0.5, 0.6) is 40.2 Å². The van der Waals surface area contributed by atoms with Gasteiger partial charge in [0, 0.05) is 73.7 Å². The number of nitrogens with two attached hydrogens (primary N) is 3. The van der Waals surface area contributed by atoms with Gasteiger partial charge in [-0.15, -0.1) is 47.3 Å². The van der Waals surface area contributed by atoms with Crippen molar-refractivity contribution in [3.8, 4) is 40.2 Å². The number of carbonyl (C=O) groups excluding carboxylic acids is 4. The summed E-state index contributed by atoms with van der Waals surface area (Å²) >= 11 is 46.9. The molecule has 45 heteroatoms. The van der Waals surface area contributed by atoms with Gasteiger partial charge in [0.05, 0.1) is 90.1 Å². The molecule has 1 saturated heterocycles. The number of benzene rings is 8. The number of carbonyl (C=O) groups is 4. The second-order valence-electron chi connectivity index (χ2n) is 24.0. The molecule has 0 amide bonds. The molecule has 0 unspecified atom stereocenters. The lowest BCUT2D eigenvalue weighted by atomic mass is 9.79. The second-order valence-corrected chi connectivity index (χ2v) is 47.7. The monoisotopic (exact) mass is 2690 g/mol. The van der Waals surface area contributed by atoms with Crippen LogP contribution in [0.25, 0.3) is 21.9 Å². The van der Waals surface area contributed by atoms with Crippen LogP contribution in [0.2, 0.25) is 0 Å². The van der Waals surface area contributed by atoms with E-state index in [1.165, 1.54) is 26.8 Å². The van der Waals surface area contributed by atoms with Gasteiger partial charge < -0.3 is 79.2 Å². The molecule has 0 bridgehead atoms. The lowest BCUT2D eigenvalue weighted by Gasteiger charge is -2.32. The molecule has 8 aromatic carbocycles. The number of hydrogen-bond donors (Lipinski definition) is 8. The number of hydrogen-bond acceptors (Lipinski definition) is 24. The van der Waals surface area contributed by atoms with Gasteiger partial charge in [0.25, 0.3) is 0 Å². The number of rotatable bonds is 12. The topological polar surface area (TPSA) is 377 Å². The summed E-state index contributed by atoms with van der Waals surface area (Å²) in [5.41, 5.74) is 16.0. The maximum absolute atomic E-state index is 11.5. The Hall–Kier alpha value is -2.26. The number of fused-ring (bicyclic) bond motifs is 2. The minimum Gasteiger partial charge on any atom is -0.508 e. The van der Waals surface area contributed by atoms with Crippen LogP contribution < -0.4 is 41.8 Å². The molecule has 0 saturated carbocycles. The van der Waals surface area contributed by atoms with Crippen molar-refractivity contribution in [1.29, 1.82) is 0 Å². The van der Waals surface area contributed by atoms with Crippen molar-refractivity contribution in [1.82, 2.24) is 10.3 Å². The highest BCUT2D eigenvalue weighted by Crippen LogP contribution is 2.39. The third kappa shape index (κ3) is 44.6. The van der Waals surface area contributed by atoms with Crippen molar-refractivity contribution in [3.63, 3.8) is 0 Å². The molecule has 1 aliphatic rings. The van der Waals surface area contributed by atoms with Gasteiger partial charge in [-0.25, -0.2) is 36.0 Å². The minimum atomic E-state index is -1.72. The van der Waals surface area contributed by atoms with E-state index >= 15 is 0 Å². The first-order chi connectivity index (χ1) is 56.0. The highest BCUT2D eigenvalue weighted by atomic mass is 80.0. The van der Waals surface area contributed by atoms with Crippen LogP contribution in [0, 0.1) is 13.8 Å². The quantitative estimate of drug-likeness (QED) is 0.0107. The predicted octanol–water partition coefficient (Wildman–Crippen LogP) is 25.7. The third-order valence-electron chi connectivity index (χ3n) is 14.6. The number of ether oxygens (including phenoxy) is 5. The standard InChI is InChI=1S/C16H23BO4.C9H9Br2NO2.C9H8Br2O2.C9H8BrNO2.2C8H6Br2O2.C8H6BrNO2.C6H4Br2O.C2H8N2.Al.BBr3.3ClH.H3NO/c1-6-19-14(18)11-12-7-9-13(10-8-12)17-20-15(2,3)16(4,5)21-17;1-5(12-13)9-7(11)3-6(10)4-8(9)14-2;1-5(12)9-7(11)3-6(10)4-8(9)13-2;1-5-9-7(12-2)3-6(10)4-8(9)13-11-5;1-5(11)12-8-3-6(9)2-7(10)4-8;1-4(11)8-6(10)2-5(9)3-7(8)12;1-4-8-6(11)2-5(9)3-7(8)12-10-4;7-4-1-5(8)3-6(9)2-4;3-1-2-4;;2-1(3)4;;;;1-2/h7-10H,6,11H2,1-5H3;3-4,13H,1-2H3;2*3-4H,1-2H3;2-4H,1H3;2-3,12H,1H3;2-3,11H,1H3;1-3,9H;1-4H2;;;3*1H;2H,1H2/q;;;;;;;;;+3;;;;;/p-3/b;12-5-;;;;;;;;;;;;;. The minimum absolute atomic E-state index is 0.0104. The van der Waals surface area contributed by atoms with Crippen LogP contribution in [0.3, 0.4) is 0 Å². The summed E-state index contributed by atoms with van der Waals surface area (Å²) in [5.74, 6) is 5.78. The molecule has 24 nitrogen and oxygen atoms in total. The van der Waals surface area contributed by atoms with Crippen LogP contribution in [-0.2, 0) is 30.1 Å². The Labute approximate surface area is 839 Å². The highest BCUT2D eigenvalue weighted by molar-refractivity contribution is 9.69. The summed E-state index contributed by atoms with van der Waals surface area (Å²) < 4.78 is 57.5. The summed E-state index contributed by atoms with van der Waals surface area (Å²) in [7, 11) is 19.2. The van der Waals surface area contributed by atoms with Gasteiger partial charge >= 0.3 is 33.6 Å². The Morgan fingerprint density at radius 2 is 0.875 bits per heavy atom. The fourth-order valence-corrected chi connectivity index (χ4v) is 16.8. The van der Waals surface area contributed by atoms with Crippen molar-refractivity contribution in [3.05, 3.63) is 209 Å². The summed E-state index contributed by atoms with van der Waals surface area (Å²) in [6.07, 6.45) is 0.289. The number of nitrogens with zero attached hydrogens (tertiary/aromatic N) is 3. The zero-order chi connectivity index (χ0) is 92.4. The van der Waals surface area contributed by atoms with Gasteiger partial charge in [0.1, 0.15) is 40.2 Å². The Morgan fingerprint density at radius 3 is 1.26 bits per heavy atom. The molecule has 11 N–H and O–H groups in total. The van der Waals surface area contributed by atoms with Crippen LogP contribution in [0.1, 0.15) is 106 Å². The molecule has 10 aromatic rings. The van der Waals surface area contributed by atoms with E-state index in [9.17, 15) is 29.4 Å². The van der Waals surface area contributed by atoms with Crippen molar-refractivity contribution < 1.29 is 87.0 Å². The number of esters is 2. The number of aromatic nitrogens is 2. The third-order valence-corrected chi connectivity index (χ3v) is 20.6. The summed E-state index contributed by atoms with van der Waals surface area (Å²) in [6.45, 7) is 21.2. The molecule has 2 aromatic heterocycles. The molecule has 0 atom stereocenters. The van der Waals surface area contributed by atoms with E-state index in [-0.39, 0.29) is 68.7 Å². The number of oxime groups is 1. The van der Waals surface area contributed by atoms with Crippen molar-refractivity contribution >= 4 is 347 Å². The molecule has 1 aliphatic heterocycles. The molecule has 3 heterocycles.